The highest BCUT2D eigenvalue weighted by atomic mass is 16.5. The number of esters is 1. The van der Waals surface area contributed by atoms with Gasteiger partial charge in [-0.3, -0.25) is 0 Å². The Hall–Kier alpha value is -2.82. The molecule has 5 heteroatoms. The van der Waals surface area contributed by atoms with Gasteiger partial charge in [-0.05, 0) is 55.8 Å². The van der Waals surface area contributed by atoms with E-state index in [0.717, 1.165) is 28.1 Å². The number of ether oxygens (including phenoxy) is 2. The number of aryl methyl sites for hydroxylation is 1. The number of hydrogen-bond acceptors (Lipinski definition) is 4. The molecule has 3 aromatic rings. The number of pyridine rings is 1. The van der Waals surface area contributed by atoms with Crippen LogP contribution in [0.1, 0.15) is 22.8 Å². The molecule has 0 radical (unpaired) electrons. The van der Waals surface area contributed by atoms with E-state index in [2.05, 4.69) is 5.10 Å². The highest BCUT2D eigenvalue weighted by Gasteiger charge is 2.13. The molecule has 5 nitrogen and oxygen atoms in total. The lowest BCUT2D eigenvalue weighted by Crippen LogP contribution is -2.07. The van der Waals surface area contributed by atoms with Gasteiger partial charge < -0.3 is 9.47 Å². The molecule has 0 atom stereocenters. The second-order valence-corrected chi connectivity index (χ2v) is 5.22. The van der Waals surface area contributed by atoms with E-state index >= 15 is 0 Å². The topological polar surface area (TPSA) is 52.8 Å². The van der Waals surface area contributed by atoms with Crippen molar-refractivity contribution in [1.82, 2.24) is 9.61 Å². The van der Waals surface area contributed by atoms with Crippen LogP contribution >= 0.6 is 0 Å². The summed E-state index contributed by atoms with van der Waals surface area (Å²) in [7, 11) is 1.64. The maximum Gasteiger partial charge on any atom is 0.338 e. The predicted molar refractivity (Wildman–Crippen MR) is 87.9 cm³/mol. The molecule has 3 rings (SSSR count). The van der Waals surface area contributed by atoms with Crippen LogP contribution in [-0.2, 0) is 4.74 Å². The van der Waals surface area contributed by atoms with Gasteiger partial charge in [0, 0.05) is 11.8 Å². The number of carbonyl (C=O) groups is 1. The van der Waals surface area contributed by atoms with Crippen LogP contribution in [0.4, 0.5) is 0 Å². The van der Waals surface area contributed by atoms with Crippen molar-refractivity contribution in [3.63, 3.8) is 0 Å². The number of nitrogens with zero attached hydrogens (tertiary/aromatic N) is 2. The Labute approximate surface area is 134 Å². The monoisotopic (exact) mass is 310 g/mol. The van der Waals surface area contributed by atoms with Gasteiger partial charge in [-0.15, -0.1) is 0 Å². The standard InChI is InChI=1S/C18H18N2O3/c1-4-23-18(21)16-9-14-10-17(19-20(14)11-12(16)2)13-5-7-15(22-3)8-6-13/h5-11H,4H2,1-3H3. The molecule has 1 aromatic carbocycles. The number of fused-ring (bicyclic) bond motifs is 1. The zero-order chi connectivity index (χ0) is 16.4. The van der Waals surface area contributed by atoms with Gasteiger partial charge in [0.05, 0.1) is 30.5 Å². The molecule has 0 spiro atoms. The number of hydrogen-bond donors (Lipinski definition) is 0. The minimum atomic E-state index is -0.306. The molecular formula is C18H18N2O3. The van der Waals surface area contributed by atoms with E-state index in [1.807, 2.05) is 49.5 Å². The molecule has 0 bridgehead atoms. The average molecular weight is 310 g/mol. The Morgan fingerprint density at radius 3 is 2.61 bits per heavy atom. The Morgan fingerprint density at radius 2 is 1.96 bits per heavy atom. The molecule has 0 saturated heterocycles. The first kappa shape index (κ1) is 15.1. The van der Waals surface area contributed by atoms with Crippen LogP contribution in [0.2, 0.25) is 0 Å². The second-order valence-electron chi connectivity index (χ2n) is 5.22. The van der Waals surface area contributed by atoms with Crippen LogP contribution in [0.5, 0.6) is 5.75 Å². The Bertz CT molecular complexity index is 851. The molecule has 0 fully saturated rings. The molecule has 0 N–H and O–H groups in total. The maximum absolute atomic E-state index is 12.0. The predicted octanol–water partition coefficient (Wildman–Crippen LogP) is 3.50. The van der Waals surface area contributed by atoms with Gasteiger partial charge >= 0.3 is 5.97 Å². The number of benzene rings is 1. The first-order valence-electron chi connectivity index (χ1n) is 7.44. The van der Waals surface area contributed by atoms with Crippen molar-refractivity contribution in [2.75, 3.05) is 13.7 Å². The maximum atomic E-state index is 12.0. The zero-order valence-corrected chi connectivity index (χ0v) is 13.4. The van der Waals surface area contributed by atoms with E-state index in [0.29, 0.717) is 12.2 Å². The lowest BCUT2D eigenvalue weighted by atomic mass is 10.1. The molecular weight excluding hydrogens is 292 g/mol. The third-order valence-electron chi connectivity index (χ3n) is 3.68. The Kier molecular flexibility index (Phi) is 4.02. The van der Waals surface area contributed by atoms with Gasteiger partial charge in [0.25, 0.3) is 0 Å². The zero-order valence-electron chi connectivity index (χ0n) is 13.4. The fraction of sp³-hybridized carbons (Fsp3) is 0.222. The SMILES string of the molecule is CCOC(=O)c1cc2cc(-c3ccc(OC)cc3)nn2cc1C. The summed E-state index contributed by atoms with van der Waals surface area (Å²) in [5.74, 6) is 0.498. The molecule has 2 heterocycles. The van der Waals surface area contributed by atoms with Gasteiger partial charge in [-0.1, -0.05) is 0 Å². The van der Waals surface area contributed by atoms with Crippen molar-refractivity contribution in [3.05, 3.63) is 53.7 Å². The molecule has 0 aliphatic rings. The third kappa shape index (κ3) is 2.90. The largest absolute Gasteiger partial charge is 0.497 e. The summed E-state index contributed by atoms with van der Waals surface area (Å²) in [5, 5.41) is 4.57. The van der Waals surface area contributed by atoms with Crippen molar-refractivity contribution in [1.29, 1.82) is 0 Å². The quantitative estimate of drug-likeness (QED) is 0.692. The molecule has 2 aromatic heterocycles. The van der Waals surface area contributed by atoms with Crippen LogP contribution in [0, 0.1) is 6.92 Å². The van der Waals surface area contributed by atoms with E-state index < -0.39 is 0 Å². The van der Waals surface area contributed by atoms with E-state index in [9.17, 15) is 4.79 Å². The smallest absolute Gasteiger partial charge is 0.338 e. The normalized spacial score (nSPS) is 10.7. The summed E-state index contributed by atoms with van der Waals surface area (Å²) in [6, 6.07) is 11.5. The lowest BCUT2D eigenvalue weighted by Gasteiger charge is -2.05. The minimum absolute atomic E-state index is 0.306. The third-order valence-corrected chi connectivity index (χ3v) is 3.68. The number of rotatable bonds is 4. The first-order valence-corrected chi connectivity index (χ1v) is 7.44. The van der Waals surface area contributed by atoms with E-state index in [4.69, 9.17) is 9.47 Å². The first-order chi connectivity index (χ1) is 11.1. The van der Waals surface area contributed by atoms with Crippen LogP contribution in [0.25, 0.3) is 16.8 Å². The number of carbonyl (C=O) groups excluding carboxylic acids is 1. The van der Waals surface area contributed by atoms with Crippen molar-refractivity contribution in [2.45, 2.75) is 13.8 Å². The van der Waals surface area contributed by atoms with Gasteiger partial charge in [0.15, 0.2) is 0 Å². The summed E-state index contributed by atoms with van der Waals surface area (Å²) < 4.78 is 12.0. The summed E-state index contributed by atoms with van der Waals surface area (Å²) in [4.78, 5) is 12.0. The fourth-order valence-electron chi connectivity index (χ4n) is 2.47. The molecule has 0 aliphatic heterocycles. The Balaban J connectivity index is 2.02. The molecule has 0 amide bonds. The van der Waals surface area contributed by atoms with Crippen LogP contribution in [0.15, 0.2) is 42.6 Å². The highest BCUT2D eigenvalue weighted by Crippen LogP contribution is 2.24. The van der Waals surface area contributed by atoms with Crippen molar-refractivity contribution < 1.29 is 14.3 Å². The summed E-state index contributed by atoms with van der Waals surface area (Å²) in [6.45, 7) is 4.03. The average Bonchev–Trinajstić information content (AvgIpc) is 2.97. The van der Waals surface area contributed by atoms with E-state index in [1.54, 1.807) is 18.5 Å². The highest BCUT2D eigenvalue weighted by molar-refractivity contribution is 5.92. The van der Waals surface area contributed by atoms with Crippen LogP contribution in [0.3, 0.4) is 0 Å². The molecule has 118 valence electrons. The fourth-order valence-corrected chi connectivity index (χ4v) is 2.47. The minimum Gasteiger partial charge on any atom is -0.497 e. The number of aromatic nitrogens is 2. The van der Waals surface area contributed by atoms with E-state index in [-0.39, 0.29) is 5.97 Å². The van der Waals surface area contributed by atoms with Gasteiger partial charge in [0.1, 0.15) is 5.75 Å². The van der Waals surface area contributed by atoms with Crippen molar-refractivity contribution >= 4 is 11.5 Å². The van der Waals surface area contributed by atoms with Crippen molar-refractivity contribution in [2.24, 2.45) is 0 Å². The van der Waals surface area contributed by atoms with Gasteiger partial charge in [-0.2, -0.15) is 5.10 Å². The summed E-state index contributed by atoms with van der Waals surface area (Å²) in [5.41, 5.74) is 4.09. The van der Waals surface area contributed by atoms with Crippen molar-refractivity contribution in [3.8, 4) is 17.0 Å². The molecule has 0 unspecified atom stereocenters. The molecule has 0 saturated carbocycles. The Morgan fingerprint density at radius 1 is 1.22 bits per heavy atom. The van der Waals surface area contributed by atoms with Crippen LogP contribution < -0.4 is 4.74 Å². The summed E-state index contributed by atoms with van der Waals surface area (Å²) >= 11 is 0. The van der Waals surface area contributed by atoms with Crippen LogP contribution in [-0.4, -0.2) is 29.3 Å². The molecule has 23 heavy (non-hydrogen) atoms. The second kappa shape index (κ2) is 6.12. The van der Waals surface area contributed by atoms with Gasteiger partial charge in [-0.25, -0.2) is 9.31 Å². The number of methoxy groups -OCH3 is 1. The van der Waals surface area contributed by atoms with E-state index in [1.165, 1.54) is 0 Å². The van der Waals surface area contributed by atoms with Gasteiger partial charge in [0.2, 0.25) is 0 Å². The molecule has 0 aliphatic carbocycles. The lowest BCUT2D eigenvalue weighted by molar-refractivity contribution is 0.0525. The summed E-state index contributed by atoms with van der Waals surface area (Å²) in [6.07, 6.45) is 1.84.